The van der Waals surface area contributed by atoms with Gasteiger partial charge in [0.15, 0.2) is 0 Å². The van der Waals surface area contributed by atoms with Gasteiger partial charge in [-0.25, -0.2) is 0 Å². The second kappa shape index (κ2) is 4.09. The molecule has 0 unspecified atom stereocenters. The van der Waals surface area contributed by atoms with Crippen LogP contribution in [0.15, 0.2) is 12.3 Å². The van der Waals surface area contributed by atoms with E-state index >= 15 is 0 Å². The van der Waals surface area contributed by atoms with Crippen LogP contribution in [0.3, 0.4) is 0 Å². The average Bonchev–Trinajstić information content (AvgIpc) is 2.44. The van der Waals surface area contributed by atoms with Crippen LogP contribution in [-0.2, 0) is 7.05 Å². The SMILES string of the molecule is Cc1c(C(=O)NCCO)ccn1C. The number of aromatic nitrogens is 1. The van der Waals surface area contributed by atoms with Crippen molar-refractivity contribution in [1.29, 1.82) is 0 Å². The lowest BCUT2D eigenvalue weighted by Gasteiger charge is -2.02. The molecule has 1 aromatic heterocycles. The maximum atomic E-state index is 11.4. The number of aryl methyl sites for hydroxylation is 1. The molecule has 13 heavy (non-hydrogen) atoms. The van der Waals surface area contributed by atoms with E-state index in [2.05, 4.69) is 5.32 Å². The molecule has 0 radical (unpaired) electrons. The molecular formula is C9H14N2O2. The molecule has 0 aliphatic carbocycles. The normalized spacial score (nSPS) is 10.1. The summed E-state index contributed by atoms with van der Waals surface area (Å²) in [5, 5.41) is 11.1. The smallest absolute Gasteiger partial charge is 0.253 e. The van der Waals surface area contributed by atoms with Crippen molar-refractivity contribution in [2.45, 2.75) is 6.92 Å². The molecule has 1 aromatic rings. The number of carbonyl (C=O) groups is 1. The van der Waals surface area contributed by atoms with Crippen LogP contribution >= 0.6 is 0 Å². The van der Waals surface area contributed by atoms with Gasteiger partial charge in [0.2, 0.25) is 0 Å². The van der Waals surface area contributed by atoms with Gasteiger partial charge in [0, 0.05) is 25.5 Å². The van der Waals surface area contributed by atoms with Gasteiger partial charge < -0.3 is 15.0 Å². The third kappa shape index (κ3) is 2.09. The van der Waals surface area contributed by atoms with Crippen LogP contribution in [0.5, 0.6) is 0 Å². The fourth-order valence-electron chi connectivity index (χ4n) is 1.11. The van der Waals surface area contributed by atoms with Crippen molar-refractivity contribution in [3.8, 4) is 0 Å². The lowest BCUT2D eigenvalue weighted by molar-refractivity contribution is 0.0944. The van der Waals surface area contributed by atoms with Gasteiger partial charge in [-0.05, 0) is 13.0 Å². The standard InChI is InChI=1S/C9H14N2O2/c1-7-8(3-5-11(7)2)9(13)10-4-6-12/h3,5,12H,4,6H2,1-2H3,(H,10,13). The molecule has 2 N–H and O–H groups in total. The second-order valence-electron chi connectivity index (χ2n) is 2.91. The predicted molar refractivity (Wildman–Crippen MR) is 49.6 cm³/mol. The Hall–Kier alpha value is -1.29. The van der Waals surface area contributed by atoms with Crippen LogP contribution in [0.25, 0.3) is 0 Å². The second-order valence-corrected chi connectivity index (χ2v) is 2.91. The highest BCUT2D eigenvalue weighted by molar-refractivity contribution is 5.95. The summed E-state index contributed by atoms with van der Waals surface area (Å²) in [5.74, 6) is -0.132. The molecule has 0 saturated carbocycles. The topological polar surface area (TPSA) is 54.3 Å². The van der Waals surface area contributed by atoms with E-state index in [0.29, 0.717) is 12.1 Å². The summed E-state index contributed by atoms with van der Waals surface area (Å²) in [6.45, 7) is 2.15. The Morgan fingerprint density at radius 1 is 1.69 bits per heavy atom. The highest BCUT2D eigenvalue weighted by Crippen LogP contribution is 2.07. The fourth-order valence-corrected chi connectivity index (χ4v) is 1.11. The zero-order valence-electron chi connectivity index (χ0n) is 7.87. The summed E-state index contributed by atoms with van der Waals surface area (Å²) in [5.41, 5.74) is 1.59. The van der Waals surface area contributed by atoms with E-state index < -0.39 is 0 Å². The number of aliphatic hydroxyl groups is 1. The first kappa shape index (κ1) is 9.80. The lowest BCUT2D eigenvalue weighted by atomic mass is 10.2. The fraction of sp³-hybridized carbons (Fsp3) is 0.444. The number of hydrogen-bond donors (Lipinski definition) is 2. The molecule has 1 amide bonds. The van der Waals surface area contributed by atoms with Crippen LogP contribution in [0, 0.1) is 6.92 Å². The highest BCUT2D eigenvalue weighted by Gasteiger charge is 2.09. The third-order valence-corrected chi connectivity index (χ3v) is 2.03. The predicted octanol–water partition coefficient (Wildman–Crippen LogP) is 0.0556. The van der Waals surface area contributed by atoms with Crippen molar-refractivity contribution in [1.82, 2.24) is 9.88 Å². The Balaban J connectivity index is 2.71. The van der Waals surface area contributed by atoms with Crippen molar-refractivity contribution in [2.75, 3.05) is 13.2 Å². The monoisotopic (exact) mass is 182 g/mol. The first-order chi connectivity index (χ1) is 6.16. The van der Waals surface area contributed by atoms with Gasteiger partial charge in [0.05, 0.1) is 12.2 Å². The molecule has 0 bridgehead atoms. The molecule has 1 heterocycles. The molecule has 0 fully saturated rings. The first-order valence-electron chi connectivity index (χ1n) is 4.17. The molecule has 0 saturated heterocycles. The average molecular weight is 182 g/mol. The van der Waals surface area contributed by atoms with Crippen molar-refractivity contribution in [2.24, 2.45) is 7.05 Å². The van der Waals surface area contributed by atoms with Crippen LogP contribution in [0.2, 0.25) is 0 Å². The minimum atomic E-state index is -0.132. The molecule has 72 valence electrons. The lowest BCUT2D eigenvalue weighted by Crippen LogP contribution is -2.26. The van der Waals surface area contributed by atoms with Crippen LogP contribution in [0.4, 0.5) is 0 Å². The van der Waals surface area contributed by atoms with E-state index in [9.17, 15) is 4.79 Å². The van der Waals surface area contributed by atoms with Crippen molar-refractivity contribution in [3.05, 3.63) is 23.5 Å². The number of nitrogens with zero attached hydrogens (tertiary/aromatic N) is 1. The molecule has 0 aliphatic rings. The quantitative estimate of drug-likeness (QED) is 0.694. The summed E-state index contributed by atoms with van der Waals surface area (Å²) < 4.78 is 1.88. The van der Waals surface area contributed by atoms with Crippen LogP contribution in [0.1, 0.15) is 16.1 Å². The first-order valence-corrected chi connectivity index (χ1v) is 4.17. The van der Waals surface area contributed by atoms with Gasteiger partial charge in [0.25, 0.3) is 5.91 Å². The van der Waals surface area contributed by atoms with Crippen LogP contribution < -0.4 is 5.32 Å². The summed E-state index contributed by atoms with van der Waals surface area (Å²) in [4.78, 5) is 11.4. The van der Waals surface area contributed by atoms with E-state index in [4.69, 9.17) is 5.11 Å². The zero-order valence-corrected chi connectivity index (χ0v) is 7.87. The molecule has 4 nitrogen and oxygen atoms in total. The van der Waals surface area contributed by atoms with Gasteiger partial charge >= 0.3 is 0 Å². The largest absolute Gasteiger partial charge is 0.395 e. The highest BCUT2D eigenvalue weighted by atomic mass is 16.3. The molecule has 1 rings (SSSR count). The van der Waals surface area contributed by atoms with E-state index in [1.54, 1.807) is 6.07 Å². The molecule has 0 atom stereocenters. The Kier molecular flexibility index (Phi) is 3.08. The van der Waals surface area contributed by atoms with E-state index in [1.165, 1.54) is 0 Å². The number of hydrogen-bond acceptors (Lipinski definition) is 2. The van der Waals surface area contributed by atoms with Gasteiger partial charge in [-0.15, -0.1) is 0 Å². The Morgan fingerprint density at radius 3 is 2.85 bits per heavy atom. The number of amides is 1. The molecule has 0 aromatic carbocycles. The van der Waals surface area contributed by atoms with Gasteiger partial charge in [-0.1, -0.05) is 0 Å². The summed E-state index contributed by atoms with van der Waals surface area (Å²) in [6.07, 6.45) is 1.84. The maximum absolute atomic E-state index is 11.4. The van der Waals surface area contributed by atoms with Crippen molar-refractivity contribution in [3.63, 3.8) is 0 Å². The van der Waals surface area contributed by atoms with Gasteiger partial charge in [0.1, 0.15) is 0 Å². The number of nitrogens with one attached hydrogen (secondary N) is 1. The number of rotatable bonds is 3. The minimum Gasteiger partial charge on any atom is -0.395 e. The summed E-state index contributed by atoms with van der Waals surface area (Å²) >= 11 is 0. The summed E-state index contributed by atoms with van der Waals surface area (Å²) in [6, 6.07) is 1.77. The Morgan fingerprint density at radius 2 is 2.38 bits per heavy atom. The third-order valence-electron chi connectivity index (χ3n) is 2.03. The van der Waals surface area contributed by atoms with Crippen LogP contribution in [-0.4, -0.2) is 28.7 Å². The van der Waals surface area contributed by atoms with E-state index in [0.717, 1.165) is 5.69 Å². The number of carbonyl (C=O) groups excluding carboxylic acids is 1. The number of aliphatic hydroxyl groups excluding tert-OH is 1. The summed E-state index contributed by atoms with van der Waals surface area (Å²) in [7, 11) is 1.89. The minimum absolute atomic E-state index is 0.0301. The van der Waals surface area contributed by atoms with E-state index in [-0.39, 0.29) is 12.5 Å². The Labute approximate surface area is 77.2 Å². The Bertz CT molecular complexity index is 305. The van der Waals surface area contributed by atoms with E-state index in [1.807, 2.05) is 24.7 Å². The molecule has 4 heteroatoms. The van der Waals surface area contributed by atoms with Gasteiger partial charge in [-0.2, -0.15) is 0 Å². The van der Waals surface area contributed by atoms with Crippen molar-refractivity contribution >= 4 is 5.91 Å². The molecule has 0 aliphatic heterocycles. The van der Waals surface area contributed by atoms with Crippen molar-refractivity contribution < 1.29 is 9.90 Å². The zero-order chi connectivity index (χ0) is 9.84. The molecular weight excluding hydrogens is 168 g/mol. The van der Waals surface area contributed by atoms with Gasteiger partial charge in [-0.3, -0.25) is 4.79 Å². The maximum Gasteiger partial charge on any atom is 0.253 e. The molecule has 0 spiro atoms.